The van der Waals surface area contributed by atoms with Crippen molar-refractivity contribution in [1.29, 1.82) is 0 Å². The van der Waals surface area contributed by atoms with E-state index in [1.165, 1.54) is 0 Å². The summed E-state index contributed by atoms with van der Waals surface area (Å²) in [6.07, 6.45) is 3.83. The number of hydrogen-bond donors (Lipinski definition) is 1. The SMILES string of the molecule is Cc1cnn(-c2ccc(-c3cc(N)n(C)n3)cc2)c1. The Hall–Kier alpha value is -2.56. The molecule has 0 atom stereocenters. The van der Waals surface area contributed by atoms with Crippen LogP contribution < -0.4 is 5.73 Å². The molecule has 0 amide bonds. The molecule has 0 saturated carbocycles. The molecule has 2 heterocycles. The molecule has 1 aromatic carbocycles. The number of aryl methyl sites for hydroxylation is 2. The van der Waals surface area contributed by atoms with Gasteiger partial charge >= 0.3 is 0 Å². The Bertz CT molecular complexity index is 686. The van der Waals surface area contributed by atoms with E-state index in [0.29, 0.717) is 5.82 Å². The first-order valence-corrected chi connectivity index (χ1v) is 6.05. The summed E-state index contributed by atoms with van der Waals surface area (Å²) in [7, 11) is 1.83. The molecule has 0 unspecified atom stereocenters. The molecule has 2 aromatic heterocycles. The van der Waals surface area contributed by atoms with Crippen molar-refractivity contribution in [3.63, 3.8) is 0 Å². The number of nitrogens with zero attached hydrogens (tertiary/aromatic N) is 4. The van der Waals surface area contributed by atoms with Gasteiger partial charge in [-0.25, -0.2) is 4.68 Å². The minimum atomic E-state index is 0.654. The van der Waals surface area contributed by atoms with Crippen LogP contribution in [0.15, 0.2) is 42.7 Å². The van der Waals surface area contributed by atoms with Gasteiger partial charge in [-0.3, -0.25) is 4.68 Å². The Morgan fingerprint density at radius 1 is 1.16 bits per heavy atom. The lowest BCUT2D eigenvalue weighted by molar-refractivity contribution is 0.782. The van der Waals surface area contributed by atoms with Gasteiger partial charge in [0.15, 0.2) is 0 Å². The largest absolute Gasteiger partial charge is 0.384 e. The number of hydrogen-bond acceptors (Lipinski definition) is 3. The van der Waals surface area contributed by atoms with Crippen molar-refractivity contribution in [1.82, 2.24) is 19.6 Å². The van der Waals surface area contributed by atoms with Gasteiger partial charge in [0.2, 0.25) is 0 Å². The zero-order chi connectivity index (χ0) is 13.4. The van der Waals surface area contributed by atoms with E-state index in [9.17, 15) is 0 Å². The standard InChI is InChI=1S/C14H15N5/c1-10-8-16-19(9-10)12-5-3-11(4-6-12)13-7-14(15)18(2)17-13/h3-9H,15H2,1-2H3. The number of nitrogen functional groups attached to an aromatic ring is 1. The summed E-state index contributed by atoms with van der Waals surface area (Å²) in [5.74, 6) is 0.654. The van der Waals surface area contributed by atoms with Crippen molar-refractivity contribution in [2.24, 2.45) is 7.05 Å². The van der Waals surface area contributed by atoms with E-state index >= 15 is 0 Å². The van der Waals surface area contributed by atoms with Crippen LogP contribution in [0.5, 0.6) is 0 Å². The summed E-state index contributed by atoms with van der Waals surface area (Å²) in [6, 6.07) is 9.95. The Morgan fingerprint density at radius 3 is 2.42 bits per heavy atom. The van der Waals surface area contributed by atoms with Gasteiger partial charge < -0.3 is 5.73 Å². The van der Waals surface area contributed by atoms with E-state index in [1.807, 2.05) is 61.4 Å². The van der Waals surface area contributed by atoms with Gasteiger partial charge in [0.05, 0.1) is 17.6 Å². The smallest absolute Gasteiger partial charge is 0.121 e. The highest BCUT2D eigenvalue weighted by Gasteiger charge is 2.05. The molecule has 0 aliphatic heterocycles. The van der Waals surface area contributed by atoms with Crippen molar-refractivity contribution < 1.29 is 0 Å². The van der Waals surface area contributed by atoms with Crippen LogP contribution >= 0.6 is 0 Å². The maximum Gasteiger partial charge on any atom is 0.121 e. The summed E-state index contributed by atoms with van der Waals surface area (Å²) in [5, 5.41) is 8.64. The molecule has 0 bridgehead atoms. The van der Waals surface area contributed by atoms with Gasteiger partial charge in [0.1, 0.15) is 5.82 Å². The van der Waals surface area contributed by atoms with E-state index in [4.69, 9.17) is 5.73 Å². The summed E-state index contributed by atoms with van der Waals surface area (Å²) in [6.45, 7) is 2.02. The number of anilines is 1. The van der Waals surface area contributed by atoms with Gasteiger partial charge in [-0.05, 0) is 24.6 Å². The Kier molecular flexibility index (Phi) is 2.59. The monoisotopic (exact) mass is 253 g/mol. The van der Waals surface area contributed by atoms with E-state index in [1.54, 1.807) is 4.68 Å². The number of aromatic nitrogens is 4. The first kappa shape index (κ1) is 11.5. The summed E-state index contributed by atoms with van der Waals surface area (Å²) < 4.78 is 3.52. The van der Waals surface area contributed by atoms with Gasteiger partial charge in [0, 0.05) is 24.9 Å². The van der Waals surface area contributed by atoms with Gasteiger partial charge in [0.25, 0.3) is 0 Å². The fraction of sp³-hybridized carbons (Fsp3) is 0.143. The molecule has 96 valence electrons. The fourth-order valence-corrected chi connectivity index (χ4v) is 1.96. The van der Waals surface area contributed by atoms with E-state index < -0.39 is 0 Å². The van der Waals surface area contributed by atoms with Crippen molar-refractivity contribution in [2.45, 2.75) is 6.92 Å². The van der Waals surface area contributed by atoms with Crippen LogP contribution in [-0.4, -0.2) is 19.6 Å². The first-order valence-electron chi connectivity index (χ1n) is 6.05. The van der Waals surface area contributed by atoms with Gasteiger partial charge in [-0.2, -0.15) is 10.2 Å². The van der Waals surface area contributed by atoms with Crippen LogP contribution in [0.2, 0.25) is 0 Å². The molecule has 0 radical (unpaired) electrons. The topological polar surface area (TPSA) is 61.7 Å². The molecular formula is C14H15N5. The molecule has 5 heteroatoms. The maximum atomic E-state index is 5.79. The fourth-order valence-electron chi connectivity index (χ4n) is 1.96. The third kappa shape index (κ3) is 2.10. The molecule has 0 aliphatic rings. The van der Waals surface area contributed by atoms with Crippen molar-refractivity contribution in [2.75, 3.05) is 5.73 Å². The van der Waals surface area contributed by atoms with Gasteiger partial charge in [-0.1, -0.05) is 12.1 Å². The highest BCUT2D eigenvalue weighted by Crippen LogP contribution is 2.21. The first-order chi connectivity index (χ1) is 9.13. The molecule has 19 heavy (non-hydrogen) atoms. The molecule has 3 rings (SSSR count). The van der Waals surface area contributed by atoms with Crippen molar-refractivity contribution in [3.8, 4) is 16.9 Å². The Labute approximate surface area is 111 Å². The number of rotatable bonds is 2. The van der Waals surface area contributed by atoms with Crippen LogP contribution in [0.4, 0.5) is 5.82 Å². The minimum absolute atomic E-state index is 0.654. The molecule has 3 aromatic rings. The quantitative estimate of drug-likeness (QED) is 0.761. The third-order valence-electron chi connectivity index (χ3n) is 3.06. The molecule has 0 aliphatic carbocycles. The molecule has 0 fully saturated rings. The van der Waals surface area contributed by atoms with Crippen LogP contribution in [0.25, 0.3) is 16.9 Å². The Morgan fingerprint density at radius 2 is 1.89 bits per heavy atom. The van der Waals surface area contributed by atoms with E-state index in [0.717, 1.165) is 22.5 Å². The second-order valence-corrected chi connectivity index (χ2v) is 4.59. The van der Waals surface area contributed by atoms with Crippen LogP contribution in [0.3, 0.4) is 0 Å². The Balaban J connectivity index is 1.94. The zero-order valence-corrected chi connectivity index (χ0v) is 10.9. The lowest BCUT2D eigenvalue weighted by Crippen LogP contribution is -1.96. The molecular weight excluding hydrogens is 238 g/mol. The predicted molar refractivity (Wildman–Crippen MR) is 74.9 cm³/mol. The van der Waals surface area contributed by atoms with E-state index in [2.05, 4.69) is 10.2 Å². The second kappa shape index (κ2) is 4.28. The molecule has 0 spiro atoms. The van der Waals surface area contributed by atoms with Crippen LogP contribution in [0.1, 0.15) is 5.56 Å². The van der Waals surface area contributed by atoms with E-state index in [-0.39, 0.29) is 0 Å². The summed E-state index contributed by atoms with van der Waals surface area (Å²) in [5.41, 5.74) is 9.88. The highest BCUT2D eigenvalue weighted by atomic mass is 15.3. The lowest BCUT2D eigenvalue weighted by atomic mass is 10.1. The summed E-state index contributed by atoms with van der Waals surface area (Å²) in [4.78, 5) is 0. The molecule has 5 nitrogen and oxygen atoms in total. The lowest BCUT2D eigenvalue weighted by Gasteiger charge is -2.02. The predicted octanol–water partition coefficient (Wildman–Crippen LogP) is 2.16. The number of nitrogens with two attached hydrogens (primary N) is 1. The van der Waals surface area contributed by atoms with Crippen LogP contribution in [0, 0.1) is 6.92 Å². The molecule has 2 N–H and O–H groups in total. The van der Waals surface area contributed by atoms with Gasteiger partial charge in [-0.15, -0.1) is 0 Å². The molecule has 0 saturated heterocycles. The average Bonchev–Trinajstić information content (AvgIpc) is 2.97. The second-order valence-electron chi connectivity index (χ2n) is 4.59. The minimum Gasteiger partial charge on any atom is -0.384 e. The average molecular weight is 253 g/mol. The number of benzene rings is 1. The van der Waals surface area contributed by atoms with Crippen molar-refractivity contribution in [3.05, 3.63) is 48.3 Å². The highest BCUT2D eigenvalue weighted by molar-refractivity contribution is 5.63. The van der Waals surface area contributed by atoms with Crippen LogP contribution in [-0.2, 0) is 7.05 Å². The summed E-state index contributed by atoms with van der Waals surface area (Å²) >= 11 is 0. The van der Waals surface area contributed by atoms with Crippen molar-refractivity contribution >= 4 is 5.82 Å². The maximum absolute atomic E-state index is 5.79. The zero-order valence-electron chi connectivity index (χ0n) is 10.9. The third-order valence-corrected chi connectivity index (χ3v) is 3.06. The normalized spacial score (nSPS) is 10.8.